The third-order valence-electron chi connectivity index (χ3n) is 4.21. The number of carbonyl (C=O) groups excluding carboxylic acids is 1. The van der Waals surface area contributed by atoms with E-state index in [1.54, 1.807) is 20.8 Å². The van der Waals surface area contributed by atoms with Gasteiger partial charge in [0.2, 0.25) is 5.91 Å². The third-order valence-corrected chi connectivity index (χ3v) is 4.21. The number of imide groups is 1. The summed E-state index contributed by atoms with van der Waals surface area (Å²) in [5.74, 6) is -1.01. The monoisotopic (exact) mass is 335 g/mol. The first-order valence-corrected chi connectivity index (χ1v) is 8.42. The fourth-order valence-corrected chi connectivity index (χ4v) is 2.89. The first-order valence-electron chi connectivity index (χ1n) is 8.42. The summed E-state index contributed by atoms with van der Waals surface area (Å²) in [5, 5.41) is 19.0. The molecule has 1 rings (SSSR count). The number of aliphatic hydroxyl groups is 1. The molecule has 0 fully saturated rings. The van der Waals surface area contributed by atoms with Gasteiger partial charge in [0.15, 0.2) is 0 Å². The predicted molar refractivity (Wildman–Crippen MR) is 93.7 cm³/mol. The Labute approximate surface area is 144 Å². The molecule has 0 saturated carbocycles. The minimum absolute atomic E-state index is 0.212. The summed E-state index contributed by atoms with van der Waals surface area (Å²) >= 11 is 0. The lowest BCUT2D eigenvalue weighted by Gasteiger charge is -2.34. The highest BCUT2D eigenvalue weighted by Crippen LogP contribution is 2.25. The molecule has 1 aromatic carbocycles. The van der Waals surface area contributed by atoms with E-state index < -0.39 is 23.5 Å². The van der Waals surface area contributed by atoms with Crippen molar-refractivity contribution in [3.8, 4) is 0 Å². The van der Waals surface area contributed by atoms with Gasteiger partial charge in [0.1, 0.15) is 0 Å². The molecule has 2 atom stereocenters. The number of nitrogens with zero attached hydrogens (tertiary/aromatic N) is 1. The van der Waals surface area contributed by atoms with Gasteiger partial charge in [0, 0.05) is 5.54 Å². The van der Waals surface area contributed by atoms with Gasteiger partial charge in [0.25, 0.3) is 0 Å². The Bertz CT molecular complexity index is 536. The van der Waals surface area contributed by atoms with E-state index in [-0.39, 0.29) is 12.5 Å². The van der Waals surface area contributed by atoms with Crippen LogP contribution in [0.15, 0.2) is 30.3 Å². The van der Waals surface area contributed by atoms with Crippen LogP contribution in [-0.4, -0.2) is 39.3 Å². The van der Waals surface area contributed by atoms with Gasteiger partial charge in [-0.25, -0.2) is 9.69 Å². The van der Waals surface area contributed by atoms with Crippen molar-refractivity contribution in [2.75, 3.05) is 6.61 Å². The van der Waals surface area contributed by atoms with Gasteiger partial charge in [-0.3, -0.25) is 4.79 Å². The van der Waals surface area contributed by atoms with Gasteiger partial charge in [-0.1, -0.05) is 43.7 Å². The molecule has 0 bridgehead atoms. The number of benzene rings is 1. The van der Waals surface area contributed by atoms with E-state index in [2.05, 4.69) is 0 Å². The molecule has 0 heterocycles. The minimum atomic E-state index is -1.28. The van der Waals surface area contributed by atoms with E-state index in [4.69, 9.17) is 0 Å². The van der Waals surface area contributed by atoms with Crippen LogP contribution in [0.5, 0.6) is 0 Å². The van der Waals surface area contributed by atoms with Crippen LogP contribution in [0.25, 0.3) is 0 Å². The average molecular weight is 335 g/mol. The zero-order valence-electron chi connectivity index (χ0n) is 15.0. The quantitative estimate of drug-likeness (QED) is 0.798. The second-order valence-corrected chi connectivity index (χ2v) is 7.21. The van der Waals surface area contributed by atoms with Gasteiger partial charge >= 0.3 is 6.09 Å². The van der Waals surface area contributed by atoms with Crippen molar-refractivity contribution in [1.29, 1.82) is 0 Å². The number of amides is 2. The number of carboxylic acid groups (broad SMARTS) is 1. The van der Waals surface area contributed by atoms with E-state index in [9.17, 15) is 19.8 Å². The molecule has 5 heteroatoms. The molecule has 0 aliphatic carbocycles. The van der Waals surface area contributed by atoms with E-state index in [0.717, 1.165) is 17.7 Å². The van der Waals surface area contributed by atoms with Crippen molar-refractivity contribution in [3.63, 3.8) is 0 Å². The number of carbonyl (C=O) groups is 2. The molecule has 0 spiro atoms. The third kappa shape index (κ3) is 5.64. The molecule has 0 aliphatic rings. The summed E-state index contributed by atoms with van der Waals surface area (Å²) in [5.41, 5.74) is 0.344. The number of hydrogen-bond donors (Lipinski definition) is 2. The van der Waals surface area contributed by atoms with Gasteiger partial charge in [-0.15, -0.1) is 0 Å². The van der Waals surface area contributed by atoms with Crippen molar-refractivity contribution in [3.05, 3.63) is 35.9 Å². The summed E-state index contributed by atoms with van der Waals surface area (Å²) in [7, 11) is 0. The summed E-state index contributed by atoms with van der Waals surface area (Å²) in [6.45, 7) is 6.73. The first-order chi connectivity index (χ1) is 11.2. The predicted octanol–water partition coefficient (Wildman–Crippen LogP) is 3.56. The van der Waals surface area contributed by atoms with E-state index >= 15 is 0 Å². The normalized spacial score (nSPS) is 14.0. The van der Waals surface area contributed by atoms with E-state index in [1.165, 1.54) is 5.56 Å². The molecule has 0 aliphatic heterocycles. The zero-order valence-corrected chi connectivity index (χ0v) is 15.0. The van der Waals surface area contributed by atoms with Crippen LogP contribution < -0.4 is 0 Å². The van der Waals surface area contributed by atoms with Crippen LogP contribution in [0, 0.1) is 11.8 Å². The largest absolute Gasteiger partial charge is 0.465 e. The molecular formula is C19H29NO4. The highest BCUT2D eigenvalue weighted by atomic mass is 16.4. The first kappa shape index (κ1) is 20.2. The standard InChI is InChI=1S/C19H29NO4/c1-5-14(11-15-9-7-6-8-10-15)12-16(13-21)17(22)20(18(23)24)19(2,3)4/h6-10,14,16,21H,5,11-13H2,1-4H3,(H,23,24)/t14-,16-/m1/s1. The Morgan fingerprint density at radius 2 is 1.75 bits per heavy atom. The molecule has 0 saturated heterocycles. The Balaban J connectivity index is 2.87. The Morgan fingerprint density at radius 3 is 2.17 bits per heavy atom. The average Bonchev–Trinajstić information content (AvgIpc) is 2.50. The maximum Gasteiger partial charge on any atom is 0.414 e. The van der Waals surface area contributed by atoms with Gasteiger partial charge in [0.05, 0.1) is 12.5 Å². The van der Waals surface area contributed by atoms with Crippen LogP contribution in [0.4, 0.5) is 4.79 Å². The maximum absolute atomic E-state index is 12.7. The maximum atomic E-state index is 12.7. The Hall–Kier alpha value is -1.88. The number of hydrogen-bond acceptors (Lipinski definition) is 3. The van der Waals surface area contributed by atoms with Gasteiger partial charge < -0.3 is 10.2 Å². The molecule has 1 aromatic rings. The molecule has 5 nitrogen and oxygen atoms in total. The minimum Gasteiger partial charge on any atom is -0.465 e. The fourth-order valence-electron chi connectivity index (χ4n) is 2.89. The molecule has 2 amide bonds. The highest BCUT2D eigenvalue weighted by molar-refractivity contribution is 5.93. The number of aliphatic hydroxyl groups excluding tert-OH is 1. The SMILES string of the molecule is CC[C@H](Cc1ccccc1)C[C@H](CO)C(=O)N(C(=O)O)C(C)(C)C. The summed E-state index contributed by atoms with van der Waals surface area (Å²) in [4.78, 5) is 25.0. The Morgan fingerprint density at radius 1 is 1.17 bits per heavy atom. The second-order valence-electron chi connectivity index (χ2n) is 7.21. The van der Waals surface area contributed by atoms with Crippen molar-refractivity contribution in [2.45, 2.75) is 52.5 Å². The molecule has 2 N–H and O–H groups in total. The van der Waals surface area contributed by atoms with Crippen molar-refractivity contribution in [2.24, 2.45) is 11.8 Å². The smallest absolute Gasteiger partial charge is 0.414 e. The Kier molecular flexibility index (Phi) is 7.42. The van der Waals surface area contributed by atoms with E-state index in [0.29, 0.717) is 6.42 Å². The fraction of sp³-hybridized carbons (Fsp3) is 0.579. The van der Waals surface area contributed by atoms with Crippen LogP contribution in [0.3, 0.4) is 0 Å². The van der Waals surface area contributed by atoms with Crippen LogP contribution >= 0.6 is 0 Å². The van der Waals surface area contributed by atoms with Crippen LogP contribution in [-0.2, 0) is 11.2 Å². The summed E-state index contributed by atoms with van der Waals surface area (Å²) < 4.78 is 0. The van der Waals surface area contributed by atoms with Crippen LogP contribution in [0.1, 0.15) is 46.1 Å². The lowest BCUT2D eigenvalue weighted by Crippen LogP contribution is -2.52. The molecule has 0 radical (unpaired) electrons. The van der Waals surface area contributed by atoms with E-state index in [1.807, 2.05) is 37.3 Å². The molecule has 24 heavy (non-hydrogen) atoms. The van der Waals surface area contributed by atoms with Gasteiger partial charge in [-0.05, 0) is 45.1 Å². The summed E-state index contributed by atoms with van der Waals surface area (Å²) in [6.07, 6.45) is 0.869. The molecule has 134 valence electrons. The summed E-state index contributed by atoms with van der Waals surface area (Å²) in [6, 6.07) is 9.98. The number of rotatable bonds is 7. The second kappa shape index (κ2) is 8.83. The zero-order chi connectivity index (χ0) is 18.3. The van der Waals surface area contributed by atoms with Crippen molar-refractivity contribution >= 4 is 12.0 Å². The lowest BCUT2D eigenvalue weighted by atomic mass is 9.86. The van der Waals surface area contributed by atoms with Crippen LogP contribution in [0.2, 0.25) is 0 Å². The molecule has 0 aromatic heterocycles. The lowest BCUT2D eigenvalue weighted by molar-refractivity contribution is -0.139. The molecule has 0 unspecified atom stereocenters. The molecular weight excluding hydrogens is 306 g/mol. The topological polar surface area (TPSA) is 77.8 Å². The van der Waals surface area contributed by atoms with Gasteiger partial charge in [-0.2, -0.15) is 0 Å². The van der Waals surface area contributed by atoms with Crippen molar-refractivity contribution in [1.82, 2.24) is 4.90 Å². The highest BCUT2D eigenvalue weighted by Gasteiger charge is 2.37. The van der Waals surface area contributed by atoms with Crippen molar-refractivity contribution < 1.29 is 19.8 Å².